The normalized spacial score (nSPS) is 38.1. The lowest BCUT2D eigenvalue weighted by Crippen LogP contribution is -2.66. The fourth-order valence-corrected chi connectivity index (χ4v) is 5.90. The number of aromatic hydroxyl groups is 1. The van der Waals surface area contributed by atoms with Gasteiger partial charge < -0.3 is 20.3 Å². The summed E-state index contributed by atoms with van der Waals surface area (Å²) in [6.07, 6.45) is 1.79. The maximum atomic E-state index is 12.8. The molecule has 0 amide bonds. The Balaban J connectivity index is 1.84. The van der Waals surface area contributed by atoms with Gasteiger partial charge in [-0.15, -0.1) is 0 Å². The zero-order valence-corrected chi connectivity index (χ0v) is 16.7. The molecule has 2 aliphatic carbocycles. The predicted octanol–water partition coefficient (Wildman–Crippen LogP) is 2.84. The summed E-state index contributed by atoms with van der Waals surface area (Å²) in [6.45, 7) is 9.34. The van der Waals surface area contributed by atoms with Gasteiger partial charge >= 0.3 is 0 Å². The van der Waals surface area contributed by atoms with Gasteiger partial charge in [0, 0.05) is 18.0 Å². The van der Waals surface area contributed by atoms with Gasteiger partial charge in [0.15, 0.2) is 23.4 Å². The Kier molecular flexibility index (Phi) is 4.32. The highest BCUT2D eigenvalue weighted by Crippen LogP contribution is 2.64. The summed E-state index contributed by atoms with van der Waals surface area (Å²) in [7, 11) is 0. The number of fused-ring (bicyclic) bond motifs is 1. The van der Waals surface area contributed by atoms with E-state index in [1.54, 1.807) is 6.07 Å². The van der Waals surface area contributed by atoms with E-state index in [2.05, 4.69) is 26.1 Å². The number of nitrogens with one attached hydrogen (secondary N) is 1. The van der Waals surface area contributed by atoms with Crippen LogP contribution in [0.25, 0.3) is 0 Å². The Hall–Kier alpha value is -1.59. The van der Waals surface area contributed by atoms with E-state index in [1.165, 1.54) is 0 Å². The maximum Gasteiger partial charge on any atom is 0.174 e. The zero-order chi connectivity index (χ0) is 19.6. The number of phenolic OH excluding ortho intramolecular Hbond substituents is 1. The van der Waals surface area contributed by atoms with Crippen molar-refractivity contribution >= 4 is 5.78 Å². The largest absolute Gasteiger partial charge is 0.504 e. The fourth-order valence-electron chi connectivity index (χ4n) is 5.90. The number of Topliss-reactive ketones (excluding diaryl/α,β-unsaturated/α-hetero) is 1. The number of ether oxygens (including phenoxy) is 1. The standard InChI is InChI=1S/C22H31NO4/c1-5-12(2)11-23-19-14(4)10-21-17-13(3)6-7-15(24)18(17)27-20(21)16(25)8-9-22(19,21)26/h6-7,12,14,19-20,23-24,26H,5,8-11H2,1-4H3/t12?,14?,19-,20+,21+,22-/m1/s1. The summed E-state index contributed by atoms with van der Waals surface area (Å²) in [4.78, 5) is 12.8. The topological polar surface area (TPSA) is 78.8 Å². The third-order valence-corrected chi connectivity index (χ3v) is 7.40. The smallest absolute Gasteiger partial charge is 0.174 e. The number of hydrogen-bond acceptors (Lipinski definition) is 5. The first-order chi connectivity index (χ1) is 12.8. The molecule has 1 aromatic rings. The average Bonchev–Trinajstić information content (AvgIpc) is 3.10. The van der Waals surface area contributed by atoms with Crippen LogP contribution >= 0.6 is 0 Å². The molecule has 1 aromatic carbocycles. The van der Waals surface area contributed by atoms with Gasteiger partial charge in [-0.25, -0.2) is 0 Å². The van der Waals surface area contributed by atoms with E-state index in [0.717, 1.165) is 24.1 Å². The first-order valence-electron chi connectivity index (χ1n) is 10.2. The van der Waals surface area contributed by atoms with Crippen molar-refractivity contribution in [2.45, 2.75) is 76.5 Å². The summed E-state index contributed by atoms with van der Waals surface area (Å²) in [5, 5.41) is 26.1. The summed E-state index contributed by atoms with van der Waals surface area (Å²) < 4.78 is 6.06. The molecule has 2 fully saturated rings. The van der Waals surface area contributed by atoms with Crippen LogP contribution < -0.4 is 10.1 Å². The van der Waals surface area contributed by atoms with Crippen LogP contribution in [0.2, 0.25) is 0 Å². The number of aliphatic hydroxyl groups is 1. The van der Waals surface area contributed by atoms with Gasteiger partial charge in [-0.2, -0.15) is 0 Å². The summed E-state index contributed by atoms with van der Waals surface area (Å²) in [5.41, 5.74) is -0.0501. The second-order valence-corrected chi connectivity index (χ2v) is 9.05. The van der Waals surface area contributed by atoms with Crippen LogP contribution in [0, 0.1) is 18.8 Å². The third-order valence-electron chi connectivity index (χ3n) is 7.40. The molecular weight excluding hydrogens is 342 g/mol. The zero-order valence-electron chi connectivity index (χ0n) is 16.7. The minimum absolute atomic E-state index is 0.0319. The highest BCUT2D eigenvalue weighted by atomic mass is 16.5. The van der Waals surface area contributed by atoms with Crippen molar-refractivity contribution in [1.29, 1.82) is 0 Å². The van der Waals surface area contributed by atoms with Crippen LogP contribution in [-0.2, 0) is 10.2 Å². The molecule has 0 saturated heterocycles. The number of carbonyl (C=O) groups is 1. The van der Waals surface area contributed by atoms with Crippen molar-refractivity contribution in [3.05, 3.63) is 23.3 Å². The first kappa shape index (κ1) is 18.8. The lowest BCUT2D eigenvalue weighted by molar-refractivity contribution is -0.147. The van der Waals surface area contributed by atoms with Crippen LogP contribution in [0.3, 0.4) is 0 Å². The number of benzene rings is 1. The van der Waals surface area contributed by atoms with Crippen LogP contribution in [0.5, 0.6) is 11.5 Å². The van der Waals surface area contributed by atoms with Crippen molar-refractivity contribution in [2.24, 2.45) is 11.8 Å². The Labute approximate surface area is 161 Å². The second-order valence-electron chi connectivity index (χ2n) is 9.05. The van der Waals surface area contributed by atoms with E-state index in [0.29, 0.717) is 30.9 Å². The molecule has 3 aliphatic rings. The van der Waals surface area contributed by atoms with E-state index < -0.39 is 17.1 Å². The summed E-state index contributed by atoms with van der Waals surface area (Å²) in [5.74, 6) is 1.20. The van der Waals surface area contributed by atoms with E-state index in [-0.39, 0.29) is 23.5 Å². The van der Waals surface area contributed by atoms with Crippen LogP contribution in [0.4, 0.5) is 0 Å². The predicted molar refractivity (Wildman–Crippen MR) is 103 cm³/mol. The summed E-state index contributed by atoms with van der Waals surface area (Å²) in [6, 6.07) is 3.37. The molecule has 5 heteroatoms. The van der Waals surface area contributed by atoms with Gasteiger partial charge in [-0.05, 0) is 49.8 Å². The minimum atomic E-state index is -1.07. The highest BCUT2D eigenvalue weighted by Gasteiger charge is 2.73. The average molecular weight is 373 g/mol. The van der Waals surface area contributed by atoms with Crippen molar-refractivity contribution in [2.75, 3.05) is 6.54 Å². The lowest BCUT2D eigenvalue weighted by Gasteiger charge is -2.48. The van der Waals surface area contributed by atoms with Gasteiger partial charge in [0.1, 0.15) is 0 Å². The lowest BCUT2D eigenvalue weighted by atomic mass is 9.59. The number of carbonyl (C=O) groups excluding carboxylic acids is 1. The Morgan fingerprint density at radius 3 is 2.85 bits per heavy atom. The number of aryl methyl sites for hydroxylation is 1. The molecule has 1 spiro atoms. The van der Waals surface area contributed by atoms with Gasteiger partial charge in [0.05, 0.1) is 11.0 Å². The molecule has 2 saturated carbocycles. The molecule has 1 aliphatic heterocycles. The van der Waals surface area contributed by atoms with Gasteiger partial charge in [0.25, 0.3) is 0 Å². The molecule has 1 heterocycles. The van der Waals surface area contributed by atoms with E-state index >= 15 is 0 Å². The Bertz CT molecular complexity index is 778. The molecule has 0 bridgehead atoms. The van der Waals surface area contributed by atoms with Crippen LogP contribution in [0.1, 0.15) is 57.6 Å². The molecule has 2 unspecified atom stereocenters. The minimum Gasteiger partial charge on any atom is -0.504 e. The van der Waals surface area contributed by atoms with Crippen molar-refractivity contribution < 1.29 is 19.7 Å². The van der Waals surface area contributed by atoms with Crippen molar-refractivity contribution in [3.8, 4) is 11.5 Å². The number of ketones is 1. The van der Waals surface area contributed by atoms with E-state index in [9.17, 15) is 15.0 Å². The molecule has 3 N–H and O–H groups in total. The monoisotopic (exact) mass is 373 g/mol. The van der Waals surface area contributed by atoms with E-state index in [4.69, 9.17) is 4.74 Å². The molecule has 5 nitrogen and oxygen atoms in total. The fraction of sp³-hybridized carbons (Fsp3) is 0.682. The maximum absolute atomic E-state index is 12.8. The van der Waals surface area contributed by atoms with Crippen LogP contribution in [-0.4, -0.2) is 40.3 Å². The van der Waals surface area contributed by atoms with Crippen molar-refractivity contribution in [1.82, 2.24) is 5.32 Å². The highest BCUT2D eigenvalue weighted by molar-refractivity contribution is 5.89. The second kappa shape index (κ2) is 6.21. The molecule has 4 rings (SSSR count). The number of hydrogen-bond donors (Lipinski definition) is 3. The quantitative estimate of drug-likeness (QED) is 0.756. The van der Waals surface area contributed by atoms with Gasteiger partial charge in [-0.3, -0.25) is 4.79 Å². The van der Waals surface area contributed by atoms with E-state index in [1.807, 2.05) is 13.0 Å². The third kappa shape index (κ3) is 2.34. The van der Waals surface area contributed by atoms with Gasteiger partial charge in [-0.1, -0.05) is 33.3 Å². The van der Waals surface area contributed by atoms with Gasteiger partial charge in [0.2, 0.25) is 0 Å². The van der Waals surface area contributed by atoms with Crippen LogP contribution in [0.15, 0.2) is 12.1 Å². The summed E-state index contributed by atoms with van der Waals surface area (Å²) >= 11 is 0. The molecule has 148 valence electrons. The number of rotatable bonds is 4. The Morgan fingerprint density at radius 2 is 2.15 bits per heavy atom. The molecule has 27 heavy (non-hydrogen) atoms. The molecule has 0 radical (unpaired) electrons. The number of phenols is 1. The first-order valence-corrected chi connectivity index (χ1v) is 10.2. The molecule has 6 atom stereocenters. The van der Waals surface area contributed by atoms with Crippen molar-refractivity contribution in [3.63, 3.8) is 0 Å². The molecule has 0 aromatic heterocycles. The Morgan fingerprint density at radius 1 is 1.41 bits per heavy atom. The molecular formula is C22H31NO4. The SMILES string of the molecule is CCC(C)CN[C@@H]1C(C)C[C@]23c4c(C)ccc(O)c4O[C@H]2C(=O)CC[C@@]13O.